The van der Waals surface area contributed by atoms with Gasteiger partial charge in [-0.05, 0) is 13.0 Å². The maximum atomic E-state index is 9.50. The fourth-order valence-electron chi connectivity index (χ4n) is 1.25. The second kappa shape index (κ2) is 2.20. The number of ether oxygens (including phenoxy) is 1. The van der Waals surface area contributed by atoms with Gasteiger partial charge in [-0.15, -0.1) is 0 Å². The number of fused-ring (bicyclic) bond motifs is 1. The maximum Gasteiger partial charge on any atom is 0.144 e. The molecule has 1 aromatic heterocycles. The van der Waals surface area contributed by atoms with E-state index in [2.05, 4.69) is 4.98 Å². The van der Waals surface area contributed by atoms with Crippen LogP contribution in [-0.4, -0.2) is 16.2 Å². The van der Waals surface area contributed by atoms with Crippen LogP contribution in [0.3, 0.4) is 0 Å². The molecular weight excluding hydrogens is 142 g/mol. The van der Waals surface area contributed by atoms with Gasteiger partial charge in [-0.1, -0.05) is 0 Å². The van der Waals surface area contributed by atoms with Gasteiger partial charge in [0, 0.05) is 11.8 Å². The van der Waals surface area contributed by atoms with E-state index in [0.717, 1.165) is 5.56 Å². The Labute approximate surface area is 64.6 Å². The Morgan fingerprint density at radius 3 is 3.18 bits per heavy atom. The molecule has 0 saturated carbocycles. The lowest BCUT2D eigenvalue weighted by Crippen LogP contribution is -2.12. The van der Waals surface area contributed by atoms with Crippen molar-refractivity contribution in [2.75, 3.05) is 0 Å². The summed E-state index contributed by atoms with van der Waals surface area (Å²) in [4.78, 5) is 3.89. The topological polar surface area (TPSA) is 42.4 Å². The zero-order valence-electron chi connectivity index (χ0n) is 6.19. The van der Waals surface area contributed by atoms with E-state index in [1.165, 1.54) is 0 Å². The van der Waals surface area contributed by atoms with Gasteiger partial charge in [0.25, 0.3) is 0 Å². The number of rotatable bonds is 0. The van der Waals surface area contributed by atoms with Gasteiger partial charge in [0.1, 0.15) is 18.0 Å². The molecular formula is C8H9NO2. The van der Waals surface area contributed by atoms with Gasteiger partial charge in [0.05, 0.1) is 6.20 Å². The quantitative estimate of drug-likeness (QED) is 0.599. The molecule has 58 valence electrons. The van der Waals surface area contributed by atoms with Crippen molar-refractivity contribution in [2.24, 2.45) is 0 Å². The van der Waals surface area contributed by atoms with Crippen molar-refractivity contribution in [3.8, 4) is 5.75 Å². The molecule has 0 saturated heterocycles. The molecule has 2 heterocycles. The fourth-order valence-corrected chi connectivity index (χ4v) is 1.25. The first-order chi connectivity index (χ1) is 5.29. The predicted molar refractivity (Wildman–Crippen MR) is 39.3 cm³/mol. The first-order valence-electron chi connectivity index (χ1n) is 3.57. The van der Waals surface area contributed by atoms with Crippen molar-refractivity contribution in [3.63, 3.8) is 0 Å². The lowest BCUT2D eigenvalue weighted by molar-refractivity contribution is 0.0795. The van der Waals surface area contributed by atoms with Crippen LogP contribution < -0.4 is 4.74 Å². The molecule has 0 aromatic carbocycles. The van der Waals surface area contributed by atoms with Crippen LogP contribution in [0.25, 0.3) is 0 Å². The van der Waals surface area contributed by atoms with Crippen molar-refractivity contribution in [2.45, 2.75) is 19.1 Å². The molecule has 2 rings (SSSR count). The number of aromatic nitrogens is 1. The molecule has 0 spiro atoms. The summed E-state index contributed by atoms with van der Waals surface area (Å²) in [5.74, 6) is 0.701. The van der Waals surface area contributed by atoms with E-state index in [1.54, 1.807) is 18.5 Å². The van der Waals surface area contributed by atoms with E-state index in [4.69, 9.17) is 4.74 Å². The molecule has 3 heteroatoms. The van der Waals surface area contributed by atoms with Gasteiger partial charge in [-0.3, -0.25) is 4.98 Å². The number of nitrogens with zero attached hydrogens (tertiary/aromatic N) is 1. The number of hydrogen-bond donors (Lipinski definition) is 1. The number of aliphatic hydroxyl groups is 1. The molecule has 0 radical (unpaired) electrons. The van der Waals surface area contributed by atoms with Crippen LogP contribution >= 0.6 is 0 Å². The highest BCUT2D eigenvalue weighted by atomic mass is 16.5. The molecule has 0 fully saturated rings. The second-order valence-corrected chi connectivity index (χ2v) is 2.68. The Morgan fingerprint density at radius 2 is 2.45 bits per heavy atom. The highest BCUT2D eigenvalue weighted by molar-refractivity contribution is 5.36. The molecule has 3 nitrogen and oxygen atoms in total. The Bertz CT molecular complexity index is 275. The molecule has 0 bridgehead atoms. The summed E-state index contributed by atoms with van der Waals surface area (Å²) in [6.07, 6.45) is 2.65. The van der Waals surface area contributed by atoms with E-state index in [0.29, 0.717) is 5.75 Å². The minimum atomic E-state index is -0.493. The average Bonchev–Trinajstić information content (AvgIpc) is 2.30. The van der Waals surface area contributed by atoms with E-state index < -0.39 is 6.10 Å². The molecule has 1 aromatic rings. The monoisotopic (exact) mass is 151 g/mol. The third-order valence-electron chi connectivity index (χ3n) is 1.89. The van der Waals surface area contributed by atoms with Crippen molar-refractivity contribution < 1.29 is 9.84 Å². The molecule has 1 aliphatic rings. The summed E-state index contributed by atoms with van der Waals surface area (Å²) in [6, 6.07) is 1.78. The van der Waals surface area contributed by atoms with Crippen LogP contribution in [0.15, 0.2) is 18.5 Å². The van der Waals surface area contributed by atoms with Gasteiger partial charge in [0.15, 0.2) is 0 Å². The van der Waals surface area contributed by atoms with Crippen molar-refractivity contribution in [1.82, 2.24) is 4.98 Å². The molecule has 1 aliphatic heterocycles. The summed E-state index contributed by atoms with van der Waals surface area (Å²) in [5, 5.41) is 9.50. The molecule has 0 aliphatic carbocycles. The summed E-state index contributed by atoms with van der Waals surface area (Å²) in [6.45, 7) is 1.84. The molecule has 0 unspecified atom stereocenters. The van der Waals surface area contributed by atoms with Crippen molar-refractivity contribution >= 4 is 0 Å². The third kappa shape index (κ3) is 0.886. The standard InChI is InChI=1S/C8H9NO2/c1-5-8(10)6-2-3-9-4-7(6)11-5/h2-5,8,10H,1H3/t5-,8+/m1/s1. The zero-order chi connectivity index (χ0) is 7.84. The Morgan fingerprint density at radius 1 is 1.64 bits per heavy atom. The lowest BCUT2D eigenvalue weighted by Gasteiger charge is -2.05. The molecule has 1 N–H and O–H groups in total. The highest BCUT2D eigenvalue weighted by Crippen LogP contribution is 2.34. The average molecular weight is 151 g/mol. The van der Waals surface area contributed by atoms with Gasteiger partial charge in [-0.25, -0.2) is 0 Å². The Hall–Kier alpha value is -1.09. The predicted octanol–water partition coefficient (Wildman–Crippen LogP) is 0.896. The van der Waals surface area contributed by atoms with Gasteiger partial charge >= 0.3 is 0 Å². The minimum Gasteiger partial charge on any atom is -0.486 e. The number of hydrogen-bond acceptors (Lipinski definition) is 3. The smallest absolute Gasteiger partial charge is 0.144 e. The van der Waals surface area contributed by atoms with Crippen LogP contribution in [0.5, 0.6) is 5.75 Å². The fraction of sp³-hybridized carbons (Fsp3) is 0.375. The van der Waals surface area contributed by atoms with E-state index in [-0.39, 0.29) is 6.10 Å². The van der Waals surface area contributed by atoms with E-state index in [9.17, 15) is 5.11 Å². The second-order valence-electron chi connectivity index (χ2n) is 2.68. The van der Waals surface area contributed by atoms with Crippen LogP contribution in [-0.2, 0) is 0 Å². The van der Waals surface area contributed by atoms with Crippen LogP contribution in [0.2, 0.25) is 0 Å². The summed E-state index contributed by atoms with van der Waals surface area (Å²) >= 11 is 0. The van der Waals surface area contributed by atoms with Crippen molar-refractivity contribution in [1.29, 1.82) is 0 Å². The van der Waals surface area contributed by atoms with Crippen molar-refractivity contribution in [3.05, 3.63) is 24.0 Å². The minimum absolute atomic E-state index is 0.144. The van der Waals surface area contributed by atoms with Crippen LogP contribution in [0.1, 0.15) is 18.6 Å². The largest absolute Gasteiger partial charge is 0.486 e. The maximum absolute atomic E-state index is 9.50. The first kappa shape index (κ1) is 6.61. The van der Waals surface area contributed by atoms with Gasteiger partial charge < -0.3 is 9.84 Å². The Kier molecular flexibility index (Phi) is 1.32. The molecule has 11 heavy (non-hydrogen) atoms. The number of aliphatic hydroxyl groups excluding tert-OH is 1. The highest BCUT2D eigenvalue weighted by Gasteiger charge is 2.28. The van der Waals surface area contributed by atoms with Gasteiger partial charge in [-0.2, -0.15) is 0 Å². The number of pyridine rings is 1. The zero-order valence-corrected chi connectivity index (χ0v) is 6.19. The van der Waals surface area contributed by atoms with Gasteiger partial charge in [0.2, 0.25) is 0 Å². The first-order valence-corrected chi connectivity index (χ1v) is 3.57. The SMILES string of the molecule is C[C@H]1Oc2cnccc2[C@H]1O. The summed E-state index contributed by atoms with van der Waals surface area (Å²) in [5.41, 5.74) is 0.840. The van der Waals surface area contributed by atoms with E-state index in [1.807, 2.05) is 6.92 Å². The molecule has 0 amide bonds. The molecule has 2 atom stereocenters. The van der Waals surface area contributed by atoms with E-state index >= 15 is 0 Å². The normalized spacial score (nSPS) is 27.8. The lowest BCUT2D eigenvalue weighted by atomic mass is 10.1. The Balaban J connectivity index is 2.47. The third-order valence-corrected chi connectivity index (χ3v) is 1.89. The van der Waals surface area contributed by atoms with Crippen LogP contribution in [0.4, 0.5) is 0 Å². The summed E-state index contributed by atoms with van der Waals surface area (Å²) < 4.78 is 5.31. The van der Waals surface area contributed by atoms with Crippen LogP contribution in [0, 0.1) is 0 Å². The summed E-state index contributed by atoms with van der Waals surface area (Å²) in [7, 11) is 0.